The first-order chi connectivity index (χ1) is 11.7. The zero-order chi connectivity index (χ0) is 16.8. The Morgan fingerprint density at radius 3 is 2.38 bits per heavy atom. The maximum Gasteiger partial charge on any atom is 0.410 e. The first-order valence-corrected chi connectivity index (χ1v) is 8.90. The standard InChI is InChI=1S/C19H26N2O3/c22-18-8-10-20(11-9-18)14-16-6-12-21(13-7-16)19(23)24-15-17-4-2-1-3-5-17/h1-5,16H,6-15H2. The Kier molecular flexibility index (Phi) is 5.86. The van der Waals surface area contributed by atoms with Crippen LogP contribution in [0.15, 0.2) is 30.3 Å². The lowest BCUT2D eigenvalue weighted by Gasteiger charge is -2.35. The number of carbonyl (C=O) groups is 2. The van der Waals surface area contributed by atoms with E-state index < -0.39 is 0 Å². The fourth-order valence-corrected chi connectivity index (χ4v) is 3.46. The second kappa shape index (κ2) is 8.29. The highest BCUT2D eigenvalue weighted by atomic mass is 16.6. The number of benzene rings is 1. The maximum atomic E-state index is 12.2. The van der Waals surface area contributed by atoms with E-state index in [0.29, 0.717) is 31.1 Å². The van der Waals surface area contributed by atoms with Gasteiger partial charge in [-0.15, -0.1) is 0 Å². The van der Waals surface area contributed by atoms with Crippen LogP contribution in [0, 0.1) is 5.92 Å². The minimum Gasteiger partial charge on any atom is -0.445 e. The van der Waals surface area contributed by atoms with Gasteiger partial charge in [-0.05, 0) is 24.3 Å². The van der Waals surface area contributed by atoms with Crippen LogP contribution in [-0.2, 0) is 16.1 Å². The Bertz CT molecular complexity index is 543. The highest BCUT2D eigenvalue weighted by Gasteiger charge is 2.26. The zero-order valence-electron chi connectivity index (χ0n) is 14.2. The summed E-state index contributed by atoms with van der Waals surface area (Å²) in [4.78, 5) is 27.7. The van der Waals surface area contributed by atoms with Crippen molar-refractivity contribution in [2.45, 2.75) is 32.3 Å². The Morgan fingerprint density at radius 2 is 1.71 bits per heavy atom. The number of rotatable bonds is 4. The molecule has 2 heterocycles. The van der Waals surface area contributed by atoms with Gasteiger partial charge in [-0.25, -0.2) is 4.79 Å². The number of nitrogens with zero attached hydrogens (tertiary/aromatic N) is 2. The third-order valence-electron chi connectivity index (χ3n) is 5.01. The van der Waals surface area contributed by atoms with E-state index in [1.807, 2.05) is 35.2 Å². The Balaban J connectivity index is 1.37. The lowest BCUT2D eigenvalue weighted by Crippen LogP contribution is -2.43. The number of carbonyl (C=O) groups excluding carboxylic acids is 2. The lowest BCUT2D eigenvalue weighted by atomic mass is 9.95. The summed E-state index contributed by atoms with van der Waals surface area (Å²) in [5.41, 5.74) is 1.01. The Hall–Kier alpha value is -1.88. The molecule has 2 saturated heterocycles. The van der Waals surface area contributed by atoms with Crippen LogP contribution in [0.2, 0.25) is 0 Å². The average molecular weight is 330 g/mol. The molecule has 0 bridgehead atoms. The quantitative estimate of drug-likeness (QED) is 0.852. The van der Waals surface area contributed by atoms with Crippen molar-refractivity contribution in [1.29, 1.82) is 0 Å². The number of ketones is 1. The fourth-order valence-electron chi connectivity index (χ4n) is 3.46. The van der Waals surface area contributed by atoms with E-state index in [0.717, 1.165) is 51.1 Å². The van der Waals surface area contributed by atoms with Crippen molar-refractivity contribution in [1.82, 2.24) is 9.80 Å². The maximum absolute atomic E-state index is 12.2. The van der Waals surface area contributed by atoms with E-state index in [4.69, 9.17) is 4.74 Å². The number of ether oxygens (including phenoxy) is 1. The Morgan fingerprint density at radius 1 is 1.04 bits per heavy atom. The van der Waals surface area contributed by atoms with Crippen LogP contribution in [-0.4, -0.2) is 54.4 Å². The lowest BCUT2D eigenvalue weighted by molar-refractivity contribution is -0.121. The van der Waals surface area contributed by atoms with Crippen molar-refractivity contribution < 1.29 is 14.3 Å². The van der Waals surface area contributed by atoms with Gasteiger partial charge < -0.3 is 14.5 Å². The van der Waals surface area contributed by atoms with E-state index in [9.17, 15) is 9.59 Å². The van der Waals surface area contributed by atoms with Crippen molar-refractivity contribution in [2.24, 2.45) is 5.92 Å². The first-order valence-electron chi connectivity index (χ1n) is 8.90. The molecule has 0 saturated carbocycles. The topological polar surface area (TPSA) is 49.9 Å². The summed E-state index contributed by atoms with van der Waals surface area (Å²) in [5.74, 6) is 1.01. The van der Waals surface area contributed by atoms with Gasteiger partial charge in [0.25, 0.3) is 0 Å². The summed E-state index contributed by atoms with van der Waals surface area (Å²) >= 11 is 0. The molecule has 1 aromatic carbocycles. The first kappa shape index (κ1) is 17.0. The zero-order valence-corrected chi connectivity index (χ0v) is 14.2. The molecule has 1 aromatic rings. The molecule has 1 amide bonds. The normalized spacial score (nSPS) is 20.2. The average Bonchev–Trinajstić information content (AvgIpc) is 2.63. The van der Waals surface area contributed by atoms with Crippen molar-refractivity contribution in [2.75, 3.05) is 32.7 Å². The second-order valence-electron chi connectivity index (χ2n) is 6.81. The minimum absolute atomic E-state index is 0.208. The summed E-state index contributed by atoms with van der Waals surface area (Å²) < 4.78 is 5.40. The third-order valence-corrected chi connectivity index (χ3v) is 5.01. The van der Waals surface area contributed by atoms with Crippen LogP contribution in [0.5, 0.6) is 0 Å². The third kappa shape index (κ3) is 4.81. The van der Waals surface area contributed by atoms with Crippen molar-refractivity contribution >= 4 is 11.9 Å². The number of hydrogen-bond acceptors (Lipinski definition) is 4. The Labute approximate surface area is 143 Å². The molecule has 5 heteroatoms. The van der Waals surface area contributed by atoms with E-state index in [2.05, 4.69) is 4.90 Å². The van der Waals surface area contributed by atoms with Gasteiger partial charge in [0.1, 0.15) is 12.4 Å². The number of amides is 1. The molecule has 0 radical (unpaired) electrons. The smallest absolute Gasteiger partial charge is 0.410 e. The molecule has 0 atom stereocenters. The molecule has 2 aliphatic rings. The van der Waals surface area contributed by atoms with Gasteiger partial charge in [0.2, 0.25) is 0 Å². The molecule has 0 unspecified atom stereocenters. The van der Waals surface area contributed by atoms with E-state index in [-0.39, 0.29) is 6.09 Å². The molecule has 0 aromatic heterocycles. The monoisotopic (exact) mass is 330 g/mol. The molecule has 0 spiro atoms. The van der Waals surface area contributed by atoms with Crippen LogP contribution < -0.4 is 0 Å². The van der Waals surface area contributed by atoms with Crippen LogP contribution in [0.25, 0.3) is 0 Å². The SMILES string of the molecule is O=C1CCN(CC2CCN(C(=O)OCc3ccccc3)CC2)CC1. The predicted octanol–water partition coefficient (Wildman–Crippen LogP) is 2.70. The molecule has 3 rings (SSSR count). The van der Waals surface area contributed by atoms with Gasteiger partial charge >= 0.3 is 6.09 Å². The molecule has 5 nitrogen and oxygen atoms in total. The molecule has 0 N–H and O–H groups in total. The van der Waals surface area contributed by atoms with E-state index in [1.165, 1.54) is 0 Å². The molecule has 130 valence electrons. The summed E-state index contributed by atoms with van der Waals surface area (Å²) in [6.45, 7) is 4.73. The molecule has 24 heavy (non-hydrogen) atoms. The van der Waals surface area contributed by atoms with Crippen LogP contribution in [0.3, 0.4) is 0 Å². The number of piperidine rings is 2. The van der Waals surface area contributed by atoms with E-state index >= 15 is 0 Å². The number of Topliss-reactive ketones (excluding diaryl/α,β-unsaturated/α-hetero) is 1. The molecule has 2 aliphatic heterocycles. The van der Waals surface area contributed by atoms with Gasteiger partial charge in [0, 0.05) is 45.6 Å². The van der Waals surface area contributed by atoms with Crippen LogP contribution >= 0.6 is 0 Å². The highest BCUT2D eigenvalue weighted by Crippen LogP contribution is 2.20. The van der Waals surface area contributed by atoms with Crippen LogP contribution in [0.4, 0.5) is 4.79 Å². The van der Waals surface area contributed by atoms with Gasteiger partial charge in [-0.2, -0.15) is 0 Å². The highest BCUT2D eigenvalue weighted by molar-refractivity contribution is 5.79. The van der Waals surface area contributed by atoms with Crippen molar-refractivity contribution in [3.63, 3.8) is 0 Å². The second-order valence-corrected chi connectivity index (χ2v) is 6.81. The summed E-state index contributed by atoms with van der Waals surface area (Å²) in [6, 6.07) is 9.77. The van der Waals surface area contributed by atoms with Crippen molar-refractivity contribution in [3.05, 3.63) is 35.9 Å². The van der Waals surface area contributed by atoms with Crippen LogP contribution in [0.1, 0.15) is 31.2 Å². The fraction of sp³-hybridized carbons (Fsp3) is 0.579. The molecular formula is C19H26N2O3. The van der Waals surface area contributed by atoms with Gasteiger partial charge in [0.15, 0.2) is 0 Å². The predicted molar refractivity (Wildman–Crippen MR) is 91.6 cm³/mol. The summed E-state index contributed by atoms with van der Waals surface area (Å²) in [7, 11) is 0. The minimum atomic E-state index is -0.208. The van der Waals surface area contributed by atoms with Gasteiger partial charge in [-0.3, -0.25) is 4.79 Å². The summed E-state index contributed by atoms with van der Waals surface area (Å²) in [6.07, 6.45) is 3.23. The number of likely N-dealkylation sites (tertiary alicyclic amines) is 2. The molecule has 2 fully saturated rings. The largest absolute Gasteiger partial charge is 0.445 e. The number of hydrogen-bond donors (Lipinski definition) is 0. The summed E-state index contributed by atoms with van der Waals surface area (Å²) in [5, 5.41) is 0. The van der Waals surface area contributed by atoms with Crippen molar-refractivity contribution in [3.8, 4) is 0 Å². The van der Waals surface area contributed by atoms with Gasteiger partial charge in [-0.1, -0.05) is 30.3 Å². The van der Waals surface area contributed by atoms with E-state index in [1.54, 1.807) is 0 Å². The van der Waals surface area contributed by atoms with Gasteiger partial charge in [0.05, 0.1) is 0 Å². The molecular weight excluding hydrogens is 304 g/mol. The molecule has 0 aliphatic carbocycles.